The lowest BCUT2D eigenvalue weighted by Gasteiger charge is -2.33. The molecule has 1 aromatic rings. The van der Waals surface area contributed by atoms with Crippen molar-refractivity contribution in [2.75, 3.05) is 53.0 Å². The third-order valence-corrected chi connectivity index (χ3v) is 6.94. The fourth-order valence-electron chi connectivity index (χ4n) is 5.44. The highest BCUT2D eigenvalue weighted by Gasteiger charge is 2.40. The molecule has 3 nitrogen and oxygen atoms in total. The molecule has 3 atom stereocenters. The molecule has 0 bridgehead atoms. The Bertz CT molecular complexity index is 558. The monoisotopic (exact) mass is 386 g/mol. The molecule has 0 radical (unpaired) electrons. The molecule has 28 heavy (non-hydrogen) atoms. The largest absolute Gasteiger partial charge is 0.382 e. The number of nitrogens with zero attached hydrogens (tertiary/aromatic N) is 2. The molecule has 1 saturated heterocycles. The van der Waals surface area contributed by atoms with Crippen LogP contribution in [0.15, 0.2) is 24.3 Å². The van der Waals surface area contributed by atoms with E-state index in [4.69, 9.17) is 4.74 Å². The van der Waals surface area contributed by atoms with Crippen LogP contribution >= 0.6 is 0 Å². The van der Waals surface area contributed by atoms with E-state index in [9.17, 15) is 0 Å². The number of benzene rings is 1. The molecule has 3 unspecified atom stereocenters. The molecule has 0 aromatic heterocycles. The third kappa shape index (κ3) is 6.05. The van der Waals surface area contributed by atoms with E-state index in [1.807, 2.05) is 0 Å². The maximum atomic E-state index is 5.53. The van der Waals surface area contributed by atoms with E-state index in [1.54, 1.807) is 5.56 Å². The van der Waals surface area contributed by atoms with Crippen molar-refractivity contribution in [2.24, 2.45) is 11.8 Å². The summed E-state index contributed by atoms with van der Waals surface area (Å²) in [5.74, 6) is 2.54. The third-order valence-electron chi connectivity index (χ3n) is 6.94. The Hall–Kier alpha value is -0.900. The van der Waals surface area contributed by atoms with Gasteiger partial charge in [-0.25, -0.2) is 0 Å². The number of likely N-dealkylation sites (tertiary alicyclic amines) is 1. The fraction of sp³-hybridized carbons (Fsp3) is 0.760. The van der Waals surface area contributed by atoms with E-state index in [0.29, 0.717) is 0 Å². The van der Waals surface area contributed by atoms with E-state index in [2.05, 4.69) is 55.0 Å². The standard InChI is InChI=1S/C25H42N2O/c1-4-15-26(3)17-14-21-10-12-22(13-11-21)24-9-6-8-23-19-27(20-25(23)24)16-7-18-28-5-2/h10-13,23-25H,4-9,14-20H2,1-3H3. The summed E-state index contributed by atoms with van der Waals surface area (Å²) < 4.78 is 5.53. The zero-order chi connectivity index (χ0) is 19.8. The Labute approximate surface area is 173 Å². The van der Waals surface area contributed by atoms with Crippen LogP contribution in [0.1, 0.15) is 63.0 Å². The summed E-state index contributed by atoms with van der Waals surface area (Å²) in [5, 5.41) is 0. The van der Waals surface area contributed by atoms with Gasteiger partial charge in [-0.2, -0.15) is 0 Å². The Balaban J connectivity index is 1.53. The summed E-state index contributed by atoms with van der Waals surface area (Å²) in [6.07, 6.45) is 7.81. The molecule has 1 aromatic carbocycles. The van der Waals surface area contributed by atoms with Gasteiger partial charge in [-0.05, 0) is 81.5 Å². The Morgan fingerprint density at radius 1 is 1.07 bits per heavy atom. The quantitative estimate of drug-likeness (QED) is 0.508. The number of ether oxygens (including phenoxy) is 1. The first-order valence-corrected chi connectivity index (χ1v) is 11.8. The smallest absolute Gasteiger partial charge is 0.0478 e. The van der Waals surface area contributed by atoms with Gasteiger partial charge in [0.15, 0.2) is 0 Å². The van der Waals surface area contributed by atoms with Gasteiger partial charge in [-0.15, -0.1) is 0 Å². The van der Waals surface area contributed by atoms with Gasteiger partial charge in [0.2, 0.25) is 0 Å². The van der Waals surface area contributed by atoms with Gasteiger partial charge in [-0.3, -0.25) is 0 Å². The number of rotatable bonds is 11. The Kier molecular flexibility index (Phi) is 8.82. The van der Waals surface area contributed by atoms with Crippen molar-refractivity contribution in [1.29, 1.82) is 0 Å². The molecule has 1 saturated carbocycles. The summed E-state index contributed by atoms with van der Waals surface area (Å²) in [7, 11) is 2.24. The second kappa shape index (κ2) is 11.3. The van der Waals surface area contributed by atoms with Crippen LogP contribution in [0.3, 0.4) is 0 Å². The van der Waals surface area contributed by atoms with Crippen molar-refractivity contribution < 1.29 is 4.74 Å². The van der Waals surface area contributed by atoms with Crippen molar-refractivity contribution in [3.8, 4) is 0 Å². The predicted molar refractivity (Wildman–Crippen MR) is 119 cm³/mol. The summed E-state index contributed by atoms with van der Waals surface area (Å²) in [4.78, 5) is 5.16. The first kappa shape index (κ1) is 21.8. The molecule has 158 valence electrons. The van der Waals surface area contributed by atoms with Gasteiger partial charge in [0, 0.05) is 39.4 Å². The lowest BCUT2D eigenvalue weighted by Crippen LogP contribution is -2.26. The maximum Gasteiger partial charge on any atom is 0.0478 e. The first-order valence-electron chi connectivity index (χ1n) is 11.8. The molecular formula is C25H42N2O. The second-order valence-corrected chi connectivity index (χ2v) is 9.07. The fourth-order valence-corrected chi connectivity index (χ4v) is 5.44. The highest BCUT2D eigenvalue weighted by Crippen LogP contribution is 2.45. The van der Waals surface area contributed by atoms with E-state index in [1.165, 1.54) is 70.3 Å². The minimum atomic E-state index is 0.771. The Morgan fingerprint density at radius 2 is 1.89 bits per heavy atom. The van der Waals surface area contributed by atoms with Crippen molar-refractivity contribution in [3.05, 3.63) is 35.4 Å². The van der Waals surface area contributed by atoms with Crippen LogP contribution in [0.5, 0.6) is 0 Å². The molecule has 0 spiro atoms. The molecule has 2 fully saturated rings. The van der Waals surface area contributed by atoms with E-state index in [-0.39, 0.29) is 0 Å². The minimum absolute atomic E-state index is 0.771. The second-order valence-electron chi connectivity index (χ2n) is 9.07. The van der Waals surface area contributed by atoms with Crippen molar-refractivity contribution in [1.82, 2.24) is 9.80 Å². The number of hydrogen-bond acceptors (Lipinski definition) is 3. The lowest BCUT2D eigenvalue weighted by molar-refractivity contribution is 0.134. The lowest BCUT2D eigenvalue weighted by atomic mass is 9.71. The normalized spacial score (nSPS) is 25.4. The average molecular weight is 387 g/mol. The van der Waals surface area contributed by atoms with Crippen LogP contribution < -0.4 is 0 Å². The summed E-state index contributed by atoms with van der Waals surface area (Å²) in [6, 6.07) is 9.68. The number of fused-ring (bicyclic) bond motifs is 1. The molecule has 1 aliphatic carbocycles. The van der Waals surface area contributed by atoms with Crippen LogP contribution in [0.4, 0.5) is 0 Å². The average Bonchev–Trinajstić information content (AvgIpc) is 3.13. The van der Waals surface area contributed by atoms with Gasteiger partial charge in [0.05, 0.1) is 0 Å². The molecular weight excluding hydrogens is 344 g/mol. The maximum absolute atomic E-state index is 5.53. The van der Waals surface area contributed by atoms with Gasteiger partial charge in [0.1, 0.15) is 0 Å². The topological polar surface area (TPSA) is 15.7 Å². The molecule has 3 rings (SSSR count). The van der Waals surface area contributed by atoms with E-state index >= 15 is 0 Å². The summed E-state index contributed by atoms with van der Waals surface area (Å²) in [6.45, 7) is 12.3. The molecule has 3 heteroatoms. The minimum Gasteiger partial charge on any atom is -0.382 e. The molecule has 1 heterocycles. The van der Waals surface area contributed by atoms with Gasteiger partial charge >= 0.3 is 0 Å². The number of likely N-dealkylation sites (N-methyl/N-ethyl adjacent to an activating group) is 1. The molecule has 2 aliphatic rings. The molecule has 0 N–H and O–H groups in total. The van der Waals surface area contributed by atoms with Crippen LogP contribution in [0.2, 0.25) is 0 Å². The summed E-state index contributed by atoms with van der Waals surface area (Å²) in [5.41, 5.74) is 3.08. The van der Waals surface area contributed by atoms with Crippen LogP contribution in [-0.4, -0.2) is 62.8 Å². The number of hydrogen-bond donors (Lipinski definition) is 0. The summed E-state index contributed by atoms with van der Waals surface area (Å²) >= 11 is 0. The highest BCUT2D eigenvalue weighted by molar-refractivity contribution is 5.27. The van der Waals surface area contributed by atoms with Crippen LogP contribution in [0, 0.1) is 11.8 Å². The van der Waals surface area contributed by atoms with Crippen molar-refractivity contribution in [2.45, 2.75) is 58.3 Å². The first-order chi connectivity index (χ1) is 13.7. The van der Waals surface area contributed by atoms with Gasteiger partial charge in [0.25, 0.3) is 0 Å². The van der Waals surface area contributed by atoms with Crippen molar-refractivity contribution in [3.63, 3.8) is 0 Å². The zero-order valence-corrected chi connectivity index (χ0v) is 18.5. The zero-order valence-electron chi connectivity index (χ0n) is 18.5. The van der Waals surface area contributed by atoms with Gasteiger partial charge < -0.3 is 14.5 Å². The Morgan fingerprint density at radius 3 is 2.64 bits per heavy atom. The van der Waals surface area contributed by atoms with Crippen LogP contribution in [0.25, 0.3) is 0 Å². The van der Waals surface area contributed by atoms with E-state index in [0.717, 1.165) is 37.5 Å². The van der Waals surface area contributed by atoms with E-state index < -0.39 is 0 Å². The SMILES string of the molecule is CCCN(C)CCc1ccc(C2CCCC3CN(CCCOCC)CC32)cc1. The highest BCUT2D eigenvalue weighted by atomic mass is 16.5. The molecule has 1 aliphatic heterocycles. The molecule has 0 amide bonds. The predicted octanol–water partition coefficient (Wildman–Crippen LogP) is 4.81. The van der Waals surface area contributed by atoms with Crippen LogP contribution in [-0.2, 0) is 11.2 Å². The van der Waals surface area contributed by atoms with Crippen molar-refractivity contribution >= 4 is 0 Å². The van der Waals surface area contributed by atoms with Gasteiger partial charge in [-0.1, -0.05) is 37.6 Å².